The van der Waals surface area contributed by atoms with Gasteiger partial charge in [0.1, 0.15) is 28.3 Å². The fourth-order valence-electron chi connectivity index (χ4n) is 3.15. The molecular formula is C23H21FN4O3. The molecule has 0 aliphatic carbocycles. The van der Waals surface area contributed by atoms with E-state index in [1.54, 1.807) is 19.1 Å². The zero-order chi connectivity index (χ0) is 21.8. The first-order valence-corrected chi connectivity index (χ1v) is 9.78. The minimum atomic E-state index is -0.430. The molecule has 4 rings (SSSR count). The normalized spacial score (nSPS) is 10.9. The van der Waals surface area contributed by atoms with E-state index in [0.29, 0.717) is 23.5 Å². The van der Waals surface area contributed by atoms with Crippen molar-refractivity contribution in [2.75, 3.05) is 18.5 Å². The molecule has 1 aromatic heterocycles. The van der Waals surface area contributed by atoms with Crippen molar-refractivity contribution in [1.29, 1.82) is 0 Å². The van der Waals surface area contributed by atoms with Crippen molar-refractivity contribution >= 4 is 22.6 Å². The summed E-state index contributed by atoms with van der Waals surface area (Å²) in [5.74, 6) is -0.439. The lowest BCUT2D eigenvalue weighted by molar-refractivity contribution is -0.118. The van der Waals surface area contributed by atoms with Crippen LogP contribution in [0.2, 0.25) is 0 Å². The summed E-state index contributed by atoms with van der Waals surface area (Å²) in [4.78, 5) is 13.8. The minimum absolute atomic E-state index is 0.00352. The predicted octanol–water partition coefficient (Wildman–Crippen LogP) is 3.42. The third kappa shape index (κ3) is 4.70. The van der Waals surface area contributed by atoms with Gasteiger partial charge in [-0.15, -0.1) is 15.0 Å². The van der Waals surface area contributed by atoms with E-state index in [2.05, 4.69) is 15.5 Å². The maximum Gasteiger partial charge on any atom is 0.262 e. The zero-order valence-corrected chi connectivity index (χ0v) is 16.9. The molecule has 1 amide bonds. The predicted molar refractivity (Wildman–Crippen MR) is 115 cm³/mol. The number of benzene rings is 3. The first-order chi connectivity index (χ1) is 15.0. The Hall–Kier alpha value is -3.78. The number of anilines is 1. The molecule has 7 nitrogen and oxygen atoms in total. The van der Waals surface area contributed by atoms with Crippen LogP contribution in [0.1, 0.15) is 11.1 Å². The van der Waals surface area contributed by atoms with Crippen LogP contribution in [0, 0.1) is 12.7 Å². The van der Waals surface area contributed by atoms with E-state index in [-0.39, 0.29) is 13.2 Å². The Morgan fingerprint density at radius 2 is 1.84 bits per heavy atom. The quantitative estimate of drug-likeness (QED) is 0.478. The minimum Gasteiger partial charge on any atom is -0.481 e. The number of carbonyl (C=O) groups excluding carboxylic acids is 1. The average molecular weight is 420 g/mol. The number of nitrogens with zero attached hydrogens (tertiary/aromatic N) is 3. The number of hydrogen-bond acceptors (Lipinski definition) is 5. The molecule has 0 spiro atoms. The summed E-state index contributed by atoms with van der Waals surface area (Å²) in [6.45, 7) is 1.51. The van der Waals surface area contributed by atoms with Gasteiger partial charge in [0.25, 0.3) is 5.91 Å². The Morgan fingerprint density at radius 3 is 2.55 bits per heavy atom. The molecule has 3 aromatic carbocycles. The number of halogens is 1. The zero-order valence-electron chi connectivity index (χ0n) is 16.9. The van der Waals surface area contributed by atoms with E-state index in [1.807, 2.05) is 36.4 Å². The lowest BCUT2D eigenvalue weighted by Gasteiger charge is -2.13. The van der Waals surface area contributed by atoms with Gasteiger partial charge >= 0.3 is 0 Å². The SMILES string of the molecule is Cc1ccc(F)cc1NC(=O)COc1ccc(CCO)cc1-n1nc2ccccc2n1. The number of aliphatic hydroxyl groups is 1. The molecule has 4 aromatic rings. The van der Waals surface area contributed by atoms with Gasteiger partial charge in [0, 0.05) is 12.3 Å². The van der Waals surface area contributed by atoms with Crippen LogP contribution >= 0.6 is 0 Å². The van der Waals surface area contributed by atoms with Crippen LogP contribution in [-0.4, -0.2) is 39.2 Å². The van der Waals surface area contributed by atoms with Crippen LogP contribution in [0.3, 0.4) is 0 Å². The molecule has 0 fully saturated rings. The van der Waals surface area contributed by atoms with Gasteiger partial charge in [-0.25, -0.2) is 4.39 Å². The number of ether oxygens (including phenoxy) is 1. The standard InChI is InChI=1S/C23H21FN4O3/c1-15-6-8-17(24)13-20(15)25-23(30)14-31-22-9-7-16(10-11-29)12-21(22)28-26-18-4-2-3-5-19(18)27-28/h2-9,12-13,29H,10-11,14H2,1H3,(H,25,30). The molecule has 31 heavy (non-hydrogen) atoms. The topological polar surface area (TPSA) is 89.3 Å². The van der Waals surface area contributed by atoms with Crippen molar-refractivity contribution in [2.45, 2.75) is 13.3 Å². The van der Waals surface area contributed by atoms with Crippen molar-refractivity contribution < 1.29 is 19.0 Å². The molecule has 0 radical (unpaired) electrons. The summed E-state index contributed by atoms with van der Waals surface area (Å²) in [5.41, 5.74) is 4.02. The van der Waals surface area contributed by atoms with E-state index in [1.165, 1.54) is 16.9 Å². The van der Waals surface area contributed by atoms with E-state index in [9.17, 15) is 14.3 Å². The summed E-state index contributed by atoms with van der Waals surface area (Å²) < 4.78 is 19.2. The third-order valence-electron chi connectivity index (χ3n) is 4.76. The molecule has 0 bridgehead atoms. The molecule has 0 saturated heterocycles. The number of carbonyl (C=O) groups is 1. The molecular weight excluding hydrogens is 399 g/mol. The van der Waals surface area contributed by atoms with Crippen molar-refractivity contribution in [3.8, 4) is 11.4 Å². The fourth-order valence-corrected chi connectivity index (χ4v) is 3.15. The fraction of sp³-hybridized carbons (Fsp3) is 0.174. The second kappa shape index (κ2) is 8.93. The number of fused-ring (bicyclic) bond motifs is 1. The van der Waals surface area contributed by atoms with Crippen LogP contribution in [0.5, 0.6) is 5.75 Å². The monoisotopic (exact) mass is 420 g/mol. The Labute approximate surface area is 178 Å². The van der Waals surface area contributed by atoms with E-state index < -0.39 is 11.7 Å². The molecule has 0 atom stereocenters. The second-order valence-electron chi connectivity index (χ2n) is 7.05. The molecule has 0 saturated carbocycles. The second-order valence-corrected chi connectivity index (χ2v) is 7.05. The third-order valence-corrected chi connectivity index (χ3v) is 4.76. The molecule has 158 valence electrons. The Morgan fingerprint density at radius 1 is 1.10 bits per heavy atom. The summed E-state index contributed by atoms with van der Waals surface area (Å²) in [6, 6.07) is 17.0. The number of hydrogen-bond donors (Lipinski definition) is 2. The molecule has 0 aliphatic heterocycles. The molecule has 0 aliphatic rings. The van der Waals surface area contributed by atoms with Gasteiger partial charge in [0.15, 0.2) is 6.61 Å². The first-order valence-electron chi connectivity index (χ1n) is 9.78. The largest absolute Gasteiger partial charge is 0.481 e. The van der Waals surface area contributed by atoms with Crippen LogP contribution in [0.15, 0.2) is 60.7 Å². The number of aromatic nitrogens is 3. The van der Waals surface area contributed by atoms with Gasteiger partial charge in [-0.05, 0) is 60.9 Å². The first kappa shape index (κ1) is 20.5. The Kier molecular flexibility index (Phi) is 5.90. The number of nitrogens with one attached hydrogen (secondary N) is 1. The van der Waals surface area contributed by atoms with Crippen LogP contribution in [0.25, 0.3) is 16.7 Å². The lowest BCUT2D eigenvalue weighted by atomic mass is 10.1. The highest BCUT2D eigenvalue weighted by Crippen LogP contribution is 2.25. The summed E-state index contributed by atoms with van der Waals surface area (Å²) in [5, 5.41) is 20.9. The summed E-state index contributed by atoms with van der Waals surface area (Å²) in [7, 11) is 0. The maximum absolute atomic E-state index is 13.5. The van der Waals surface area contributed by atoms with E-state index >= 15 is 0 Å². The van der Waals surface area contributed by atoms with Crippen molar-refractivity contribution in [3.05, 3.63) is 77.6 Å². The Bertz CT molecular complexity index is 1210. The lowest BCUT2D eigenvalue weighted by Crippen LogP contribution is -2.21. The highest BCUT2D eigenvalue weighted by Gasteiger charge is 2.14. The molecule has 1 heterocycles. The number of rotatable bonds is 7. The molecule has 2 N–H and O–H groups in total. The van der Waals surface area contributed by atoms with Crippen molar-refractivity contribution in [1.82, 2.24) is 15.0 Å². The van der Waals surface area contributed by atoms with Crippen LogP contribution in [-0.2, 0) is 11.2 Å². The molecule has 0 unspecified atom stereocenters. The van der Waals surface area contributed by atoms with Gasteiger partial charge in [0.2, 0.25) is 0 Å². The number of aryl methyl sites for hydroxylation is 1. The maximum atomic E-state index is 13.5. The van der Waals surface area contributed by atoms with Crippen LogP contribution in [0.4, 0.5) is 10.1 Å². The van der Waals surface area contributed by atoms with Crippen LogP contribution < -0.4 is 10.1 Å². The van der Waals surface area contributed by atoms with Gasteiger partial charge in [0.05, 0.1) is 0 Å². The van der Waals surface area contributed by atoms with Gasteiger partial charge in [-0.1, -0.05) is 24.3 Å². The number of amides is 1. The highest BCUT2D eigenvalue weighted by atomic mass is 19.1. The van der Waals surface area contributed by atoms with Gasteiger partial charge in [-0.3, -0.25) is 4.79 Å². The van der Waals surface area contributed by atoms with E-state index in [0.717, 1.165) is 22.2 Å². The summed E-state index contributed by atoms with van der Waals surface area (Å²) in [6.07, 6.45) is 0.466. The summed E-state index contributed by atoms with van der Waals surface area (Å²) >= 11 is 0. The smallest absolute Gasteiger partial charge is 0.262 e. The van der Waals surface area contributed by atoms with Gasteiger partial charge < -0.3 is 15.2 Å². The van der Waals surface area contributed by atoms with E-state index in [4.69, 9.17) is 4.74 Å². The molecule has 8 heteroatoms. The average Bonchev–Trinajstić information content (AvgIpc) is 3.20. The number of aliphatic hydroxyl groups excluding tert-OH is 1. The Balaban J connectivity index is 1.57. The highest BCUT2D eigenvalue weighted by molar-refractivity contribution is 5.92. The van der Waals surface area contributed by atoms with Crippen molar-refractivity contribution in [2.24, 2.45) is 0 Å². The van der Waals surface area contributed by atoms with Gasteiger partial charge in [-0.2, -0.15) is 0 Å². The van der Waals surface area contributed by atoms with Crippen molar-refractivity contribution in [3.63, 3.8) is 0 Å².